The van der Waals surface area contributed by atoms with Gasteiger partial charge in [0.2, 0.25) is 11.8 Å². The minimum absolute atomic E-state index is 0.170. The Bertz CT molecular complexity index is 874. The van der Waals surface area contributed by atoms with Gasteiger partial charge in [0.25, 0.3) is 0 Å². The van der Waals surface area contributed by atoms with Crippen LogP contribution in [-0.4, -0.2) is 36.9 Å². The maximum Gasteiger partial charge on any atom is 0.418 e. The molecule has 2 rings (SSSR count). The molecule has 10 heteroatoms. The minimum Gasteiger partial charge on any atom is -0.324 e. The molecular weight excluding hydrogens is 381 g/mol. The first kappa shape index (κ1) is 20.4. The van der Waals surface area contributed by atoms with Crippen LogP contribution in [0.3, 0.4) is 0 Å². The second-order valence-corrected chi connectivity index (χ2v) is 6.50. The average molecular weight is 396 g/mol. The Hall–Kier alpha value is -2.90. The van der Waals surface area contributed by atoms with E-state index in [0.717, 1.165) is 12.1 Å². The van der Waals surface area contributed by atoms with Gasteiger partial charge in [0.05, 0.1) is 29.9 Å². The number of nitrogens with one attached hydrogen (secondary N) is 2. The van der Waals surface area contributed by atoms with E-state index in [4.69, 9.17) is 5.26 Å². The van der Waals surface area contributed by atoms with Crippen LogP contribution in [0.5, 0.6) is 0 Å². The Morgan fingerprint density at radius 2 is 1.78 bits per heavy atom. The highest BCUT2D eigenvalue weighted by Crippen LogP contribution is 2.34. The SMILES string of the molecule is CN(CC(=O)Nc1ccccc1C(F)(F)F)CC(=O)Nc1sccc1C#N. The monoisotopic (exact) mass is 396 g/mol. The lowest BCUT2D eigenvalue weighted by atomic mass is 10.1. The number of amides is 2. The van der Waals surface area contributed by atoms with Crippen molar-refractivity contribution in [3.8, 4) is 6.07 Å². The van der Waals surface area contributed by atoms with Crippen molar-refractivity contribution < 1.29 is 22.8 Å². The van der Waals surface area contributed by atoms with Crippen LogP contribution in [0.2, 0.25) is 0 Å². The van der Waals surface area contributed by atoms with Gasteiger partial charge in [-0.2, -0.15) is 18.4 Å². The van der Waals surface area contributed by atoms with Crippen molar-refractivity contribution in [2.24, 2.45) is 0 Å². The minimum atomic E-state index is -4.59. The van der Waals surface area contributed by atoms with Gasteiger partial charge in [-0.05, 0) is 30.6 Å². The van der Waals surface area contributed by atoms with E-state index in [-0.39, 0.29) is 18.8 Å². The van der Waals surface area contributed by atoms with Crippen LogP contribution in [0, 0.1) is 11.3 Å². The third-order valence-corrected chi connectivity index (χ3v) is 4.20. The second kappa shape index (κ2) is 8.66. The highest BCUT2D eigenvalue weighted by atomic mass is 32.1. The normalized spacial score (nSPS) is 11.1. The summed E-state index contributed by atoms with van der Waals surface area (Å²) in [7, 11) is 1.48. The molecule has 0 aliphatic heterocycles. The Morgan fingerprint density at radius 3 is 2.41 bits per heavy atom. The average Bonchev–Trinajstić information content (AvgIpc) is 3.00. The molecule has 27 heavy (non-hydrogen) atoms. The van der Waals surface area contributed by atoms with Crippen LogP contribution in [-0.2, 0) is 15.8 Å². The molecule has 0 unspecified atom stereocenters. The molecule has 0 fully saturated rings. The van der Waals surface area contributed by atoms with E-state index in [9.17, 15) is 22.8 Å². The number of nitriles is 1. The lowest BCUT2D eigenvalue weighted by molar-refractivity contribution is -0.137. The molecule has 2 N–H and O–H groups in total. The van der Waals surface area contributed by atoms with Gasteiger partial charge in [0.1, 0.15) is 11.1 Å². The summed E-state index contributed by atoms with van der Waals surface area (Å²) in [6, 6.07) is 8.15. The number of carbonyl (C=O) groups excluding carboxylic acids is 2. The molecule has 0 aliphatic rings. The highest BCUT2D eigenvalue weighted by molar-refractivity contribution is 7.14. The van der Waals surface area contributed by atoms with Crippen molar-refractivity contribution in [3.05, 3.63) is 46.8 Å². The number of rotatable bonds is 6. The second-order valence-electron chi connectivity index (χ2n) is 5.59. The summed E-state index contributed by atoms with van der Waals surface area (Å²) in [5, 5.41) is 15.7. The van der Waals surface area contributed by atoms with Crippen LogP contribution < -0.4 is 10.6 Å². The third kappa shape index (κ3) is 5.80. The van der Waals surface area contributed by atoms with Gasteiger partial charge in [0.15, 0.2) is 0 Å². The summed E-state index contributed by atoms with van der Waals surface area (Å²) in [4.78, 5) is 25.3. The van der Waals surface area contributed by atoms with Gasteiger partial charge in [0, 0.05) is 0 Å². The van der Waals surface area contributed by atoms with E-state index in [1.807, 2.05) is 6.07 Å². The predicted octanol–water partition coefficient (Wildman–Crippen LogP) is 3.15. The molecule has 1 aromatic carbocycles. The molecule has 0 saturated heterocycles. The lowest BCUT2D eigenvalue weighted by Crippen LogP contribution is -2.36. The Morgan fingerprint density at radius 1 is 1.15 bits per heavy atom. The first-order chi connectivity index (χ1) is 12.7. The van der Waals surface area contributed by atoms with E-state index < -0.39 is 23.6 Å². The molecule has 0 radical (unpaired) electrons. The maximum absolute atomic E-state index is 12.9. The molecule has 0 saturated carbocycles. The Kier molecular flexibility index (Phi) is 6.55. The van der Waals surface area contributed by atoms with Crippen molar-refractivity contribution in [1.29, 1.82) is 5.26 Å². The van der Waals surface area contributed by atoms with Crippen LogP contribution in [0.15, 0.2) is 35.7 Å². The predicted molar refractivity (Wildman–Crippen MR) is 95.2 cm³/mol. The van der Waals surface area contributed by atoms with Crippen molar-refractivity contribution >= 4 is 33.8 Å². The number of alkyl halides is 3. The number of nitrogens with zero attached hydrogens (tertiary/aromatic N) is 2. The zero-order chi connectivity index (χ0) is 20.0. The van der Waals surface area contributed by atoms with Gasteiger partial charge in [-0.15, -0.1) is 11.3 Å². The van der Waals surface area contributed by atoms with Crippen LogP contribution in [0.25, 0.3) is 0 Å². The van der Waals surface area contributed by atoms with Crippen molar-refractivity contribution in [2.45, 2.75) is 6.18 Å². The number of likely N-dealkylation sites (N-methyl/N-ethyl adjacent to an activating group) is 1. The summed E-state index contributed by atoms with van der Waals surface area (Å²) in [5.41, 5.74) is -0.955. The van der Waals surface area contributed by atoms with E-state index in [0.29, 0.717) is 10.6 Å². The number of thiophene rings is 1. The number of anilines is 2. The molecule has 6 nitrogen and oxygen atoms in total. The van der Waals surface area contributed by atoms with Gasteiger partial charge in [-0.3, -0.25) is 14.5 Å². The molecular formula is C17H15F3N4O2S. The maximum atomic E-state index is 12.9. The van der Waals surface area contributed by atoms with E-state index in [1.165, 1.54) is 35.4 Å². The summed E-state index contributed by atoms with van der Waals surface area (Å²) in [6.45, 7) is -0.452. The van der Waals surface area contributed by atoms with E-state index >= 15 is 0 Å². The number of benzene rings is 1. The van der Waals surface area contributed by atoms with E-state index in [2.05, 4.69) is 10.6 Å². The van der Waals surface area contributed by atoms with Gasteiger partial charge < -0.3 is 10.6 Å². The van der Waals surface area contributed by atoms with Crippen molar-refractivity contribution in [3.63, 3.8) is 0 Å². The lowest BCUT2D eigenvalue weighted by Gasteiger charge is -2.17. The molecule has 1 heterocycles. The molecule has 2 amide bonds. The zero-order valence-electron chi connectivity index (χ0n) is 14.1. The number of carbonyl (C=O) groups is 2. The summed E-state index contributed by atoms with van der Waals surface area (Å²) < 4.78 is 38.8. The number of halogens is 3. The van der Waals surface area contributed by atoms with Crippen LogP contribution >= 0.6 is 11.3 Å². The summed E-state index contributed by atoms with van der Waals surface area (Å²) in [6.07, 6.45) is -4.59. The molecule has 0 spiro atoms. The van der Waals surface area contributed by atoms with Gasteiger partial charge in [-0.1, -0.05) is 12.1 Å². The highest BCUT2D eigenvalue weighted by Gasteiger charge is 2.33. The van der Waals surface area contributed by atoms with Crippen LogP contribution in [0.1, 0.15) is 11.1 Å². The van der Waals surface area contributed by atoms with Gasteiger partial charge in [-0.25, -0.2) is 0 Å². The molecule has 0 bridgehead atoms. The quantitative estimate of drug-likeness (QED) is 0.786. The summed E-state index contributed by atoms with van der Waals surface area (Å²) >= 11 is 1.19. The largest absolute Gasteiger partial charge is 0.418 e. The fourth-order valence-electron chi connectivity index (χ4n) is 2.24. The topological polar surface area (TPSA) is 85.2 Å². The molecule has 142 valence electrons. The number of hydrogen-bond acceptors (Lipinski definition) is 5. The number of hydrogen-bond donors (Lipinski definition) is 2. The summed E-state index contributed by atoms with van der Waals surface area (Å²) in [5.74, 6) is -1.13. The third-order valence-electron chi connectivity index (χ3n) is 3.37. The Balaban J connectivity index is 1.91. The van der Waals surface area contributed by atoms with Gasteiger partial charge >= 0.3 is 6.18 Å². The fourth-order valence-corrected chi connectivity index (χ4v) is 2.99. The van der Waals surface area contributed by atoms with E-state index in [1.54, 1.807) is 11.4 Å². The zero-order valence-corrected chi connectivity index (χ0v) is 14.9. The Labute approximate surface area is 157 Å². The molecule has 2 aromatic rings. The first-order valence-electron chi connectivity index (χ1n) is 7.62. The number of para-hydroxylation sites is 1. The fraction of sp³-hybridized carbons (Fsp3) is 0.235. The molecule has 1 aromatic heterocycles. The standard InChI is InChI=1S/C17H15F3N4O2S/c1-24(10-15(26)23-16-11(8-21)6-7-27-16)9-14(25)22-13-5-3-2-4-12(13)17(18,19)20/h2-7H,9-10H2,1H3,(H,22,25)(H,23,26). The smallest absolute Gasteiger partial charge is 0.324 e. The first-order valence-corrected chi connectivity index (χ1v) is 8.50. The molecule has 0 atom stereocenters. The van der Waals surface area contributed by atoms with Crippen LogP contribution in [0.4, 0.5) is 23.9 Å². The van der Waals surface area contributed by atoms with Crippen molar-refractivity contribution in [1.82, 2.24) is 4.90 Å². The van der Waals surface area contributed by atoms with Crippen molar-refractivity contribution in [2.75, 3.05) is 30.8 Å². The molecule has 0 aliphatic carbocycles.